The fourth-order valence-electron chi connectivity index (χ4n) is 3.15. The molecule has 4 nitrogen and oxygen atoms in total. The lowest BCUT2D eigenvalue weighted by molar-refractivity contribution is -0.123. The minimum absolute atomic E-state index is 0.343. The maximum atomic E-state index is 11.6. The van der Waals surface area contributed by atoms with Gasteiger partial charge in [-0.3, -0.25) is 4.79 Å². The Kier molecular flexibility index (Phi) is 3.50. The third-order valence-corrected chi connectivity index (χ3v) is 5.24. The average molecular weight is 339 g/mol. The lowest BCUT2D eigenvalue weighted by Gasteiger charge is -2.40. The first kappa shape index (κ1) is 13.9. The highest BCUT2D eigenvalue weighted by molar-refractivity contribution is 9.10. The minimum Gasteiger partial charge on any atom is -0.378 e. The Morgan fingerprint density at radius 2 is 2.15 bits per heavy atom. The molecule has 2 aliphatic heterocycles. The molecule has 20 heavy (non-hydrogen) atoms. The molecular weight excluding hydrogens is 320 g/mol. The van der Waals surface area contributed by atoms with E-state index in [1.165, 1.54) is 12.8 Å². The van der Waals surface area contributed by atoms with Gasteiger partial charge in [0.15, 0.2) is 6.10 Å². The number of hydrogen-bond acceptors (Lipinski definition) is 3. The van der Waals surface area contributed by atoms with E-state index in [-0.39, 0.29) is 5.91 Å². The molecule has 1 fully saturated rings. The van der Waals surface area contributed by atoms with E-state index in [1.54, 1.807) is 0 Å². The van der Waals surface area contributed by atoms with Gasteiger partial charge in [-0.15, -0.1) is 0 Å². The largest absolute Gasteiger partial charge is 0.378 e. The highest BCUT2D eigenvalue weighted by Gasteiger charge is 2.32. The standard InChI is InChI=1S/C15H19BrN2O2/c1-8-4-3-5-18(9(8)2)13-7-12-10(6-11(13)16)14(19)15(20)17-12/h6-9,14,19H,3-5H2,1-2H3,(H,17,20). The SMILES string of the molecule is CC1CCCN(c2cc3c(cc2Br)C(O)C(=O)N3)C1C. The van der Waals surface area contributed by atoms with E-state index < -0.39 is 6.10 Å². The lowest BCUT2D eigenvalue weighted by Crippen LogP contribution is -2.42. The van der Waals surface area contributed by atoms with Crippen molar-refractivity contribution < 1.29 is 9.90 Å². The van der Waals surface area contributed by atoms with Gasteiger partial charge in [-0.2, -0.15) is 0 Å². The highest BCUT2D eigenvalue weighted by atomic mass is 79.9. The van der Waals surface area contributed by atoms with Crippen LogP contribution in [-0.4, -0.2) is 23.6 Å². The van der Waals surface area contributed by atoms with Crippen LogP contribution < -0.4 is 10.2 Å². The molecule has 2 N–H and O–H groups in total. The zero-order valence-electron chi connectivity index (χ0n) is 11.7. The molecule has 0 radical (unpaired) electrons. The average Bonchev–Trinajstić information content (AvgIpc) is 2.68. The third-order valence-electron chi connectivity index (χ3n) is 4.60. The lowest BCUT2D eigenvalue weighted by atomic mass is 9.91. The number of hydrogen-bond donors (Lipinski definition) is 2. The van der Waals surface area contributed by atoms with Gasteiger partial charge in [0.1, 0.15) is 0 Å². The summed E-state index contributed by atoms with van der Waals surface area (Å²) in [5, 5.41) is 12.6. The number of anilines is 2. The van der Waals surface area contributed by atoms with Crippen LogP contribution in [0.4, 0.5) is 11.4 Å². The quantitative estimate of drug-likeness (QED) is 0.827. The monoisotopic (exact) mass is 338 g/mol. The van der Waals surface area contributed by atoms with Gasteiger partial charge in [0.25, 0.3) is 5.91 Å². The molecule has 2 heterocycles. The van der Waals surface area contributed by atoms with Crippen molar-refractivity contribution in [2.45, 2.75) is 38.8 Å². The molecule has 0 spiro atoms. The molecule has 1 amide bonds. The van der Waals surface area contributed by atoms with Gasteiger partial charge in [-0.05, 0) is 53.7 Å². The van der Waals surface area contributed by atoms with Gasteiger partial charge >= 0.3 is 0 Å². The zero-order chi connectivity index (χ0) is 14.4. The summed E-state index contributed by atoms with van der Waals surface area (Å²) in [6.07, 6.45) is 1.40. The maximum Gasteiger partial charge on any atom is 0.257 e. The van der Waals surface area contributed by atoms with E-state index in [9.17, 15) is 9.90 Å². The smallest absolute Gasteiger partial charge is 0.257 e. The van der Waals surface area contributed by atoms with Crippen LogP contribution in [0.2, 0.25) is 0 Å². The normalized spacial score (nSPS) is 29.3. The summed E-state index contributed by atoms with van der Waals surface area (Å²) in [6.45, 7) is 5.56. The number of nitrogens with zero attached hydrogens (tertiary/aromatic N) is 1. The molecule has 5 heteroatoms. The maximum absolute atomic E-state index is 11.6. The molecule has 0 saturated carbocycles. The predicted molar refractivity (Wildman–Crippen MR) is 82.9 cm³/mol. The van der Waals surface area contributed by atoms with Crippen molar-refractivity contribution in [3.63, 3.8) is 0 Å². The number of fused-ring (bicyclic) bond motifs is 1. The number of carbonyl (C=O) groups excluding carboxylic acids is 1. The van der Waals surface area contributed by atoms with Gasteiger partial charge in [-0.1, -0.05) is 6.92 Å². The van der Waals surface area contributed by atoms with Gasteiger partial charge in [0, 0.05) is 28.3 Å². The molecule has 3 rings (SSSR count). The minimum atomic E-state index is -1.05. The Balaban J connectivity index is 1.99. The number of aliphatic hydroxyl groups excluding tert-OH is 1. The number of benzene rings is 1. The second kappa shape index (κ2) is 5.04. The molecule has 1 saturated heterocycles. The molecule has 0 aromatic heterocycles. The molecule has 2 aliphatic rings. The molecule has 0 bridgehead atoms. The molecule has 1 aromatic rings. The van der Waals surface area contributed by atoms with Crippen molar-refractivity contribution in [1.82, 2.24) is 0 Å². The summed E-state index contributed by atoms with van der Waals surface area (Å²) in [4.78, 5) is 13.9. The van der Waals surface area contributed by atoms with Gasteiger partial charge < -0.3 is 15.3 Å². The van der Waals surface area contributed by atoms with Crippen LogP contribution in [0.15, 0.2) is 16.6 Å². The van der Waals surface area contributed by atoms with Crippen molar-refractivity contribution in [1.29, 1.82) is 0 Å². The van der Waals surface area contributed by atoms with Crippen LogP contribution in [0.3, 0.4) is 0 Å². The van der Waals surface area contributed by atoms with Crippen molar-refractivity contribution in [2.24, 2.45) is 5.92 Å². The van der Waals surface area contributed by atoms with Gasteiger partial charge in [0.2, 0.25) is 0 Å². The molecular formula is C15H19BrN2O2. The molecule has 3 unspecified atom stereocenters. The fraction of sp³-hybridized carbons (Fsp3) is 0.533. The van der Waals surface area contributed by atoms with Crippen LogP contribution in [-0.2, 0) is 4.79 Å². The topological polar surface area (TPSA) is 52.6 Å². The van der Waals surface area contributed by atoms with E-state index in [0.29, 0.717) is 17.5 Å². The molecule has 108 valence electrons. The number of piperidine rings is 1. The first-order chi connectivity index (χ1) is 9.49. The van der Waals surface area contributed by atoms with E-state index >= 15 is 0 Å². The van der Waals surface area contributed by atoms with Crippen LogP contribution in [0.1, 0.15) is 38.4 Å². The Morgan fingerprint density at radius 1 is 1.40 bits per heavy atom. The second-order valence-electron chi connectivity index (χ2n) is 5.84. The highest BCUT2D eigenvalue weighted by Crippen LogP contribution is 2.41. The van der Waals surface area contributed by atoms with Crippen molar-refractivity contribution in [2.75, 3.05) is 16.8 Å². The number of halogens is 1. The van der Waals surface area contributed by atoms with Crippen molar-refractivity contribution >= 4 is 33.2 Å². The molecule has 1 aromatic carbocycles. The predicted octanol–water partition coefficient (Wildman–Crippen LogP) is 3.06. The number of nitrogens with one attached hydrogen (secondary N) is 1. The van der Waals surface area contributed by atoms with Crippen LogP contribution >= 0.6 is 15.9 Å². The first-order valence-electron chi connectivity index (χ1n) is 7.08. The summed E-state index contributed by atoms with van der Waals surface area (Å²) in [5.74, 6) is 0.313. The van der Waals surface area contributed by atoms with E-state index in [2.05, 4.69) is 40.0 Å². The number of rotatable bonds is 1. The Labute approximate surface area is 127 Å². The summed E-state index contributed by atoms with van der Waals surface area (Å²) in [7, 11) is 0. The van der Waals surface area contributed by atoms with E-state index in [1.807, 2.05) is 12.1 Å². The summed E-state index contributed by atoms with van der Waals surface area (Å²) < 4.78 is 0.938. The second-order valence-corrected chi connectivity index (χ2v) is 6.69. The molecule has 3 atom stereocenters. The summed E-state index contributed by atoms with van der Waals surface area (Å²) in [5.41, 5.74) is 2.48. The van der Waals surface area contributed by atoms with Gasteiger partial charge in [-0.25, -0.2) is 0 Å². The Hall–Kier alpha value is -1.07. The summed E-state index contributed by atoms with van der Waals surface area (Å²) in [6, 6.07) is 4.31. The van der Waals surface area contributed by atoms with E-state index in [0.717, 1.165) is 22.4 Å². The number of carbonyl (C=O) groups is 1. The van der Waals surface area contributed by atoms with Crippen LogP contribution in [0.25, 0.3) is 0 Å². The summed E-state index contributed by atoms with van der Waals surface area (Å²) >= 11 is 3.59. The Bertz CT molecular complexity index is 561. The first-order valence-corrected chi connectivity index (χ1v) is 7.87. The number of aliphatic hydroxyl groups is 1. The van der Waals surface area contributed by atoms with Crippen LogP contribution in [0.5, 0.6) is 0 Å². The van der Waals surface area contributed by atoms with Crippen LogP contribution in [0, 0.1) is 5.92 Å². The van der Waals surface area contributed by atoms with Crippen molar-refractivity contribution in [3.8, 4) is 0 Å². The zero-order valence-corrected chi connectivity index (χ0v) is 13.3. The third kappa shape index (κ3) is 2.13. The molecule has 0 aliphatic carbocycles. The fourth-order valence-corrected chi connectivity index (χ4v) is 3.74. The van der Waals surface area contributed by atoms with Crippen molar-refractivity contribution in [3.05, 3.63) is 22.2 Å². The van der Waals surface area contributed by atoms with Gasteiger partial charge in [0.05, 0.1) is 5.69 Å². The Morgan fingerprint density at radius 3 is 2.90 bits per heavy atom. The number of amides is 1. The van der Waals surface area contributed by atoms with E-state index in [4.69, 9.17) is 0 Å².